The molecular formula is C26H27N3O4. The van der Waals surface area contributed by atoms with Crippen LogP contribution in [-0.4, -0.2) is 35.0 Å². The summed E-state index contributed by atoms with van der Waals surface area (Å²) in [5, 5.41) is 3.78. The highest BCUT2D eigenvalue weighted by atomic mass is 16.5. The number of carbonyl (C=O) groups is 2. The summed E-state index contributed by atoms with van der Waals surface area (Å²) in [4.78, 5) is 30.7. The van der Waals surface area contributed by atoms with Gasteiger partial charge in [-0.1, -0.05) is 48.5 Å². The van der Waals surface area contributed by atoms with Gasteiger partial charge in [0, 0.05) is 30.6 Å². The monoisotopic (exact) mass is 445 g/mol. The number of furan rings is 1. The third-order valence-electron chi connectivity index (χ3n) is 5.47. The van der Waals surface area contributed by atoms with Crippen LogP contribution in [0.25, 0.3) is 10.9 Å². The molecule has 0 aliphatic rings. The Kier molecular flexibility index (Phi) is 6.78. The highest BCUT2D eigenvalue weighted by molar-refractivity contribution is 5.88. The Hall–Kier alpha value is -4.00. The largest absolute Gasteiger partial charge is 0.464 e. The van der Waals surface area contributed by atoms with Crippen molar-refractivity contribution in [2.75, 3.05) is 7.05 Å². The van der Waals surface area contributed by atoms with Gasteiger partial charge in [0.25, 0.3) is 0 Å². The Morgan fingerprint density at radius 1 is 1.06 bits per heavy atom. The number of nitrogens with one attached hydrogen (secondary N) is 2. The third kappa shape index (κ3) is 5.63. The number of alkyl carbamates (subject to hydrolysis) is 1. The van der Waals surface area contributed by atoms with E-state index in [2.05, 4.69) is 10.3 Å². The highest BCUT2D eigenvalue weighted by Crippen LogP contribution is 2.20. The number of hydrogen-bond acceptors (Lipinski definition) is 4. The summed E-state index contributed by atoms with van der Waals surface area (Å²) in [6.45, 7) is 2.29. The van der Waals surface area contributed by atoms with Gasteiger partial charge in [0.1, 0.15) is 24.2 Å². The molecule has 4 rings (SSSR count). The molecule has 0 aliphatic carbocycles. The molecule has 7 heteroatoms. The van der Waals surface area contributed by atoms with Gasteiger partial charge in [-0.25, -0.2) is 4.79 Å². The zero-order valence-electron chi connectivity index (χ0n) is 18.7. The number of aryl methyl sites for hydroxylation is 1. The van der Waals surface area contributed by atoms with E-state index in [1.165, 1.54) is 0 Å². The second-order valence-corrected chi connectivity index (χ2v) is 8.03. The van der Waals surface area contributed by atoms with Crippen molar-refractivity contribution in [2.45, 2.75) is 32.5 Å². The molecule has 4 aromatic rings. The summed E-state index contributed by atoms with van der Waals surface area (Å²) in [5.74, 6) is 1.23. The minimum absolute atomic E-state index is 0.127. The maximum Gasteiger partial charge on any atom is 0.408 e. The standard InChI is InChI=1S/C26H27N3O4/c1-18-12-13-21(33-18)16-29(2)25(30)24(14-20-15-27-23-11-7-6-10-22(20)23)28-26(31)32-17-19-8-4-3-5-9-19/h3-13,15,24,27H,14,16-17H2,1-2H3,(H,28,31)/t24-/m0/s1. The molecule has 0 saturated heterocycles. The van der Waals surface area contributed by atoms with Crippen LogP contribution in [0.3, 0.4) is 0 Å². The van der Waals surface area contributed by atoms with Crippen molar-refractivity contribution in [1.82, 2.24) is 15.2 Å². The molecule has 0 radical (unpaired) electrons. The molecule has 0 saturated carbocycles. The molecule has 0 fully saturated rings. The third-order valence-corrected chi connectivity index (χ3v) is 5.47. The minimum Gasteiger partial charge on any atom is -0.464 e. The molecule has 1 atom stereocenters. The number of ether oxygens (including phenoxy) is 1. The molecule has 2 aromatic carbocycles. The molecule has 0 bridgehead atoms. The van der Waals surface area contributed by atoms with E-state index in [0.29, 0.717) is 18.7 Å². The SMILES string of the molecule is Cc1ccc(CN(C)C(=O)[C@H](Cc2c[nH]c3ccccc23)NC(=O)OCc2ccccc2)o1. The van der Waals surface area contributed by atoms with Gasteiger partial charge < -0.3 is 24.4 Å². The quantitative estimate of drug-likeness (QED) is 0.416. The van der Waals surface area contributed by atoms with Crippen LogP contribution in [0.5, 0.6) is 0 Å². The average molecular weight is 446 g/mol. The van der Waals surface area contributed by atoms with Crippen molar-refractivity contribution < 1.29 is 18.7 Å². The number of amides is 2. The minimum atomic E-state index is -0.798. The van der Waals surface area contributed by atoms with E-state index in [-0.39, 0.29) is 12.5 Å². The lowest BCUT2D eigenvalue weighted by Gasteiger charge is -2.24. The summed E-state index contributed by atoms with van der Waals surface area (Å²) in [6, 6.07) is 20.2. The van der Waals surface area contributed by atoms with E-state index in [0.717, 1.165) is 27.8 Å². The van der Waals surface area contributed by atoms with Crippen LogP contribution in [0, 0.1) is 6.92 Å². The van der Waals surface area contributed by atoms with Crippen LogP contribution < -0.4 is 5.32 Å². The number of fused-ring (bicyclic) bond motifs is 1. The first kappa shape index (κ1) is 22.2. The maximum atomic E-state index is 13.3. The van der Waals surface area contributed by atoms with Crippen molar-refractivity contribution >= 4 is 22.9 Å². The Labute approximate surface area is 192 Å². The molecule has 0 unspecified atom stereocenters. The normalized spacial score (nSPS) is 11.8. The van der Waals surface area contributed by atoms with Crippen LogP contribution in [0.2, 0.25) is 0 Å². The molecular weight excluding hydrogens is 418 g/mol. The fourth-order valence-corrected chi connectivity index (χ4v) is 3.78. The van der Waals surface area contributed by atoms with Crippen molar-refractivity contribution in [1.29, 1.82) is 0 Å². The molecule has 0 spiro atoms. The zero-order valence-corrected chi connectivity index (χ0v) is 18.7. The Morgan fingerprint density at radius 2 is 1.82 bits per heavy atom. The Morgan fingerprint density at radius 3 is 2.58 bits per heavy atom. The summed E-state index contributed by atoms with van der Waals surface area (Å²) >= 11 is 0. The van der Waals surface area contributed by atoms with Crippen molar-refractivity contribution in [3.63, 3.8) is 0 Å². The van der Waals surface area contributed by atoms with Crippen LogP contribution in [0.4, 0.5) is 4.79 Å². The van der Waals surface area contributed by atoms with E-state index < -0.39 is 12.1 Å². The number of benzene rings is 2. The number of nitrogens with zero attached hydrogens (tertiary/aromatic N) is 1. The van der Waals surface area contributed by atoms with Crippen molar-refractivity contribution in [2.24, 2.45) is 0 Å². The zero-order chi connectivity index (χ0) is 23.2. The first-order chi connectivity index (χ1) is 16.0. The van der Waals surface area contributed by atoms with Gasteiger partial charge in [0.2, 0.25) is 5.91 Å². The number of para-hydroxylation sites is 1. The van der Waals surface area contributed by atoms with Gasteiger partial charge in [0.05, 0.1) is 6.54 Å². The second-order valence-electron chi connectivity index (χ2n) is 8.03. The van der Waals surface area contributed by atoms with Crippen LogP contribution in [-0.2, 0) is 29.1 Å². The molecule has 7 nitrogen and oxygen atoms in total. The molecule has 2 heterocycles. The number of carbonyl (C=O) groups excluding carboxylic acids is 2. The molecule has 0 aliphatic heterocycles. The van der Waals surface area contributed by atoms with E-state index in [9.17, 15) is 9.59 Å². The van der Waals surface area contributed by atoms with Crippen molar-refractivity contribution in [3.8, 4) is 0 Å². The number of hydrogen-bond donors (Lipinski definition) is 2. The topological polar surface area (TPSA) is 87.6 Å². The molecule has 2 aromatic heterocycles. The summed E-state index contributed by atoms with van der Waals surface area (Å²) in [7, 11) is 1.69. The van der Waals surface area contributed by atoms with E-state index >= 15 is 0 Å². The summed E-state index contributed by atoms with van der Waals surface area (Å²) < 4.78 is 11.0. The van der Waals surface area contributed by atoms with Gasteiger partial charge in [-0.15, -0.1) is 0 Å². The van der Waals surface area contributed by atoms with E-state index in [4.69, 9.17) is 9.15 Å². The number of aromatic nitrogens is 1. The predicted octanol–water partition coefficient (Wildman–Crippen LogP) is 4.57. The lowest BCUT2D eigenvalue weighted by Crippen LogP contribution is -2.48. The summed E-state index contributed by atoms with van der Waals surface area (Å²) in [5.41, 5.74) is 2.79. The van der Waals surface area contributed by atoms with E-state index in [1.807, 2.05) is 79.9 Å². The Balaban J connectivity index is 1.49. The lowest BCUT2D eigenvalue weighted by atomic mass is 10.0. The molecule has 33 heavy (non-hydrogen) atoms. The van der Waals surface area contributed by atoms with Crippen LogP contribution in [0.1, 0.15) is 22.6 Å². The fraction of sp³-hybridized carbons (Fsp3) is 0.231. The van der Waals surface area contributed by atoms with Crippen molar-refractivity contribution in [3.05, 3.63) is 95.6 Å². The van der Waals surface area contributed by atoms with Gasteiger partial charge in [-0.05, 0) is 36.2 Å². The number of likely N-dealkylation sites (N-methyl/N-ethyl adjacent to an activating group) is 1. The molecule has 2 N–H and O–H groups in total. The summed E-state index contributed by atoms with van der Waals surface area (Å²) in [6.07, 6.45) is 1.56. The van der Waals surface area contributed by atoms with Crippen LogP contribution >= 0.6 is 0 Å². The fourth-order valence-electron chi connectivity index (χ4n) is 3.78. The van der Waals surface area contributed by atoms with Gasteiger partial charge in [0.15, 0.2) is 0 Å². The number of aromatic amines is 1. The van der Waals surface area contributed by atoms with Gasteiger partial charge in [-0.3, -0.25) is 4.79 Å². The molecule has 170 valence electrons. The molecule has 2 amide bonds. The van der Waals surface area contributed by atoms with Crippen LogP contribution in [0.15, 0.2) is 77.3 Å². The highest BCUT2D eigenvalue weighted by Gasteiger charge is 2.26. The average Bonchev–Trinajstić information content (AvgIpc) is 3.43. The first-order valence-corrected chi connectivity index (χ1v) is 10.8. The predicted molar refractivity (Wildman–Crippen MR) is 125 cm³/mol. The number of H-pyrrole nitrogens is 1. The number of rotatable bonds is 8. The van der Waals surface area contributed by atoms with Gasteiger partial charge in [-0.2, -0.15) is 0 Å². The van der Waals surface area contributed by atoms with Gasteiger partial charge >= 0.3 is 6.09 Å². The maximum absolute atomic E-state index is 13.3. The second kappa shape index (κ2) is 10.1. The first-order valence-electron chi connectivity index (χ1n) is 10.8. The smallest absolute Gasteiger partial charge is 0.408 e. The van der Waals surface area contributed by atoms with E-state index in [1.54, 1.807) is 11.9 Å². The lowest BCUT2D eigenvalue weighted by molar-refractivity contribution is -0.132. The Bertz CT molecular complexity index is 1230.